The SMILES string of the molecule is CC(C)(SCc1cccc(CSI)c1)C(N)C(N)=O. The van der Waals surface area contributed by atoms with Crippen LogP contribution in [0.3, 0.4) is 0 Å². The Bertz CT molecular complexity index is 440. The molecule has 0 heterocycles. The van der Waals surface area contributed by atoms with E-state index in [0.29, 0.717) is 0 Å². The Labute approximate surface area is 135 Å². The van der Waals surface area contributed by atoms with Crippen LogP contribution in [0.4, 0.5) is 0 Å². The van der Waals surface area contributed by atoms with Crippen LogP contribution >= 0.6 is 41.9 Å². The van der Waals surface area contributed by atoms with Gasteiger partial charge in [0.25, 0.3) is 0 Å². The van der Waals surface area contributed by atoms with Gasteiger partial charge in [-0.1, -0.05) is 33.2 Å². The Hall–Kier alpha value is 0.0800. The lowest BCUT2D eigenvalue weighted by atomic mass is 10.0. The van der Waals surface area contributed by atoms with Crippen LogP contribution in [0.25, 0.3) is 0 Å². The molecule has 0 aliphatic carbocycles. The van der Waals surface area contributed by atoms with Crippen LogP contribution in [0.2, 0.25) is 0 Å². The molecule has 0 aliphatic heterocycles. The predicted molar refractivity (Wildman–Crippen MR) is 94.3 cm³/mol. The summed E-state index contributed by atoms with van der Waals surface area (Å²) in [6.07, 6.45) is 0. The molecule has 19 heavy (non-hydrogen) atoms. The van der Waals surface area contributed by atoms with E-state index in [2.05, 4.69) is 45.5 Å². The molecule has 0 aliphatic rings. The average Bonchev–Trinajstić information content (AvgIpc) is 2.36. The highest BCUT2D eigenvalue weighted by molar-refractivity contribution is 14.2. The number of rotatable bonds is 7. The molecule has 0 saturated carbocycles. The largest absolute Gasteiger partial charge is 0.368 e. The molecule has 1 amide bonds. The zero-order valence-corrected chi connectivity index (χ0v) is 14.8. The second-order valence-electron chi connectivity index (χ2n) is 4.85. The van der Waals surface area contributed by atoms with Crippen molar-refractivity contribution in [1.82, 2.24) is 0 Å². The van der Waals surface area contributed by atoms with E-state index in [4.69, 9.17) is 11.5 Å². The molecule has 4 N–H and O–H groups in total. The van der Waals surface area contributed by atoms with E-state index >= 15 is 0 Å². The van der Waals surface area contributed by atoms with Gasteiger partial charge in [-0.3, -0.25) is 4.79 Å². The van der Waals surface area contributed by atoms with Gasteiger partial charge in [0, 0.05) is 16.3 Å². The first-order chi connectivity index (χ1) is 8.86. The highest BCUT2D eigenvalue weighted by atomic mass is 127. The molecule has 3 nitrogen and oxygen atoms in total. The van der Waals surface area contributed by atoms with Crippen LogP contribution in [0.5, 0.6) is 0 Å². The predicted octanol–water partition coefficient (Wildman–Crippen LogP) is 3.09. The van der Waals surface area contributed by atoms with Gasteiger partial charge in [-0.15, -0.1) is 11.8 Å². The molecule has 1 aromatic carbocycles. The van der Waals surface area contributed by atoms with Crippen molar-refractivity contribution in [2.24, 2.45) is 11.5 Å². The maximum atomic E-state index is 11.2. The summed E-state index contributed by atoms with van der Waals surface area (Å²) in [5.41, 5.74) is 13.7. The third kappa shape index (κ3) is 5.53. The fourth-order valence-corrected chi connectivity index (χ4v) is 3.97. The van der Waals surface area contributed by atoms with Crippen LogP contribution in [-0.2, 0) is 16.3 Å². The molecule has 1 aromatic rings. The number of halogens is 1. The van der Waals surface area contributed by atoms with Gasteiger partial charge in [0.05, 0.1) is 6.04 Å². The number of hydrogen-bond acceptors (Lipinski definition) is 4. The maximum absolute atomic E-state index is 11.2. The zero-order valence-electron chi connectivity index (χ0n) is 11.1. The Morgan fingerprint density at radius 2 is 1.95 bits per heavy atom. The number of nitrogens with two attached hydrogens (primary N) is 2. The van der Waals surface area contributed by atoms with Gasteiger partial charge in [0.1, 0.15) is 0 Å². The quantitative estimate of drug-likeness (QED) is 0.678. The summed E-state index contributed by atoms with van der Waals surface area (Å²) >= 11 is 3.96. The second kappa shape index (κ2) is 7.75. The van der Waals surface area contributed by atoms with Crippen molar-refractivity contribution in [3.05, 3.63) is 35.4 Å². The molecule has 1 atom stereocenters. The van der Waals surface area contributed by atoms with Crippen molar-refractivity contribution in [2.75, 3.05) is 0 Å². The van der Waals surface area contributed by atoms with Crippen LogP contribution in [-0.4, -0.2) is 16.7 Å². The fraction of sp³-hybridized carbons (Fsp3) is 0.462. The minimum absolute atomic E-state index is 0.361. The monoisotopic (exact) mass is 410 g/mol. The third-order valence-corrected chi connectivity index (χ3v) is 5.73. The highest BCUT2D eigenvalue weighted by Crippen LogP contribution is 2.31. The van der Waals surface area contributed by atoms with Crippen molar-refractivity contribution in [3.8, 4) is 0 Å². The van der Waals surface area contributed by atoms with Gasteiger partial charge in [0.15, 0.2) is 0 Å². The minimum Gasteiger partial charge on any atom is -0.368 e. The van der Waals surface area contributed by atoms with Crippen molar-refractivity contribution in [3.63, 3.8) is 0 Å². The lowest BCUT2D eigenvalue weighted by Crippen LogP contribution is -2.50. The molecular formula is C13H19IN2OS2. The second-order valence-corrected chi connectivity index (χ2v) is 8.85. The molecule has 0 spiro atoms. The number of amides is 1. The van der Waals surface area contributed by atoms with Crippen LogP contribution in [0.1, 0.15) is 25.0 Å². The summed E-state index contributed by atoms with van der Waals surface area (Å²) in [6, 6.07) is 7.86. The van der Waals surface area contributed by atoms with E-state index in [0.717, 1.165) is 11.5 Å². The van der Waals surface area contributed by atoms with Crippen molar-refractivity contribution in [1.29, 1.82) is 0 Å². The van der Waals surface area contributed by atoms with E-state index in [-0.39, 0.29) is 4.75 Å². The number of hydrogen-bond donors (Lipinski definition) is 2. The summed E-state index contributed by atoms with van der Waals surface area (Å²) in [7, 11) is 1.78. The minimum atomic E-state index is -0.634. The Morgan fingerprint density at radius 3 is 2.47 bits per heavy atom. The van der Waals surface area contributed by atoms with Crippen molar-refractivity contribution < 1.29 is 4.79 Å². The molecule has 6 heteroatoms. The van der Waals surface area contributed by atoms with Crippen LogP contribution in [0, 0.1) is 0 Å². The molecule has 0 radical (unpaired) electrons. The summed E-state index contributed by atoms with van der Waals surface area (Å²) in [4.78, 5) is 11.2. The average molecular weight is 410 g/mol. The van der Waals surface area contributed by atoms with Crippen molar-refractivity contribution in [2.45, 2.75) is 36.1 Å². The standard InChI is InChI=1S/C13H19IN2OS2/c1-13(2,11(15)12(16)17)18-7-9-4-3-5-10(6-9)8-19-14/h3-6,11H,7-8,15H2,1-2H3,(H2,16,17). The van der Waals surface area contributed by atoms with E-state index < -0.39 is 11.9 Å². The maximum Gasteiger partial charge on any atom is 0.235 e. The lowest BCUT2D eigenvalue weighted by Gasteiger charge is -2.28. The number of carbonyl (C=O) groups excluding carboxylic acids is 1. The van der Waals surface area contributed by atoms with Crippen molar-refractivity contribution >= 4 is 47.8 Å². The fourth-order valence-electron chi connectivity index (χ4n) is 1.57. The molecule has 1 unspecified atom stereocenters. The topological polar surface area (TPSA) is 69.1 Å². The number of benzene rings is 1. The van der Waals surface area contributed by atoms with Gasteiger partial charge in [-0.25, -0.2) is 0 Å². The van der Waals surface area contributed by atoms with E-state index in [1.807, 2.05) is 13.8 Å². The van der Waals surface area contributed by atoms with Gasteiger partial charge >= 0.3 is 0 Å². The van der Waals surface area contributed by atoms with E-state index in [1.165, 1.54) is 11.1 Å². The summed E-state index contributed by atoms with van der Waals surface area (Å²) in [5.74, 6) is 1.38. The number of thioether (sulfide) groups is 1. The zero-order chi connectivity index (χ0) is 14.5. The normalized spacial score (nSPS) is 13.3. The number of carbonyl (C=O) groups is 1. The summed E-state index contributed by atoms with van der Waals surface area (Å²) < 4.78 is -0.361. The Morgan fingerprint density at radius 1 is 1.37 bits per heavy atom. The van der Waals surface area contributed by atoms with Gasteiger partial charge in [0.2, 0.25) is 5.91 Å². The van der Waals surface area contributed by atoms with Crippen LogP contribution < -0.4 is 11.5 Å². The summed E-state index contributed by atoms with van der Waals surface area (Å²) in [5, 5.41) is 0. The lowest BCUT2D eigenvalue weighted by molar-refractivity contribution is -0.119. The summed E-state index contributed by atoms with van der Waals surface area (Å²) in [6.45, 7) is 3.91. The smallest absolute Gasteiger partial charge is 0.235 e. The molecule has 0 bridgehead atoms. The molecule has 106 valence electrons. The third-order valence-electron chi connectivity index (χ3n) is 2.88. The first kappa shape index (κ1) is 17.1. The number of primary amides is 1. The molecule has 0 aromatic heterocycles. The van der Waals surface area contributed by atoms with Crippen LogP contribution in [0.15, 0.2) is 24.3 Å². The Balaban J connectivity index is 2.65. The molecular weight excluding hydrogens is 391 g/mol. The van der Waals surface area contributed by atoms with Gasteiger partial charge in [-0.05, 0) is 46.2 Å². The molecule has 1 rings (SSSR count). The first-order valence-electron chi connectivity index (χ1n) is 5.87. The molecule has 0 saturated heterocycles. The van der Waals surface area contributed by atoms with E-state index in [9.17, 15) is 4.79 Å². The molecule has 0 fully saturated rings. The highest BCUT2D eigenvalue weighted by Gasteiger charge is 2.30. The van der Waals surface area contributed by atoms with Gasteiger partial charge < -0.3 is 11.5 Å². The Kier molecular flexibility index (Phi) is 6.99. The van der Waals surface area contributed by atoms with E-state index in [1.54, 1.807) is 20.7 Å². The van der Waals surface area contributed by atoms with Gasteiger partial charge in [-0.2, -0.15) is 0 Å². The first-order valence-corrected chi connectivity index (χ1v) is 10.4.